The summed E-state index contributed by atoms with van der Waals surface area (Å²) in [5.41, 5.74) is 5.41. The number of hydrogen-bond acceptors (Lipinski definition) is 8. The number of ether oxygens (including phenoxy) is 8. The summed E-state index contributed by atoms with van der Waals surface area (Å²) in [6.45, 7) is 13.5. The van der Waals surface area contributed by atoms with E-state index >= 15 is 0 Å². The average molecular weight is 737 g/mol. The molecule has 0 bridgehead atoms. The van der Waals surface area contributed by atoms with Crippen molar-refractivity contribution < 1.29 is 37.9 Å². The molecule has 3 aliphatic rings. The fourth-order valence-electron chi connectivity index (χ4n) is 6.89. The van der Waals surface area contributed by atoms with Gasteiger partial charge >= 0.3 is 0 Å². The Hall–Kier alpha value is -3.92. The number of rotatable bonds is 24. The van der Waals surface area contributed by atoms with E-state index in [0.29, 0.717) is 45.7 Å². The predicted octanol–water partition coefficient (Wildman–Crippen LogP) is 8.29. The maximum atomic E-state index is 6.15. The second kappa shape index (κ2) is 18.1. The molecule has 4 aromatic carbocycles. The van der Waals surface area contributed by atoms with Gasteiger partial charge in [0.1, 0.15) is 42.7 Å². The van der Waals surface area contributed by atoms with Crippen molar-refractivity contribution in [3.8, 4) is 17.2 Å². The Morgan fingerprint density at radius 3 is 1.24 bits per heavy atom. The molecule has 3 heterocycles. The van der Waals surface area contributed by atoms with E-state index in [1.165, 1.54) is 40.7 Å². The van der Waals surface area contributed by atoms with Gasteiger partial charge in [0.25, 0.3) is 0 Å². The average Bonchev–Trinajstić information content (AvgIpc) is 4.04. The Morgan fingerprint density at radius 2 is 0.815 bits per heavy atom. The third kappa shape index (κ3) is 10.6. The van der Waals surface area contributed by atoms with Crippen LogP contribution in [-0.2, 0) is 34.5 Å². The highest BCUT2D eigenvalue weighted by Gasteiger charge is 2.33. The lowest BCUT2D eigenvalue weighted by atomic mass is 9.70. The third-order valence-electron chi connectivity index (χ3n) is 10.9. The van der Waals surface area contributed by atoms with E-state index in [1.54, 1.807) is 0 Å². The normalized spacial score (nSPS) is 19.9. The molecule has 4 aromatic rings. The first-order valence-corrected chi connectivity index (χ1v) is 19.7. The quantitative estimate of drug-likeness (QED) is 0.0404. The third-order valence-corrected chi connectivity index (χ3v) is 10.9. The van der Waals surface area contributed by atoms with Gasteiger partial charge in [-0.25, -0.2) is 0 Å². The highest BCUT2D eigenvalue weighted by Crippen LogP contribution is 2.41. The van der Waals surface area contributed by atoms with E-state index < -0.39 is 5.41 Å². The molecule has 0 amide bonds. The summed E-state index contributed by atoms with van der Waals surface area (Å²) in [7, 11) is 0. The molecule has 3 fully saturated rings. The van der Waals surface area contributed by atoms with Gasteiger partial charge in [0, 0.05) is 10.8 Å². The van der Waals surface area contributed by atoms with Crippen molar-refractivity contribution in [3.05, 3.63) is 125 Å². The van der Waals surface area contributed by atoms with Crippen LogP contribution < -0.4 is 14.2 Å². The fourth-order valence-corrected chi connectivity index (χ4v) is 6.89. The van der Waals surface area contributed by atoms with Crippen LogP contribution in [0.1, 0.15) is 74.3 Å². The summed E-state index contributed by atoms with van der Waals surface area (Å²) in [5.74, 6) is 2.57. The van der Waals surface area contributed by atoms with Crippen molar-refractivity contribution in [2.24, 2.45) is 0 Å². The molecule has 288 valence electrons. The first kappa shape index (κ1) is 38.4. The van der Waals surface area contributed by atoms with Gasteiger partial charge in [0.15, 0.2) is 0 Å². The van der Waals surface area contributed by atoms with Gasteiger partial charge in [-0.3, -0.25) is 0 Å². The largest absolute Gasteiger partial charge is 0.494 e. The lowest BCUT2D eigenvalue weighted by Crippen LogP contribution is -2.26. The van der Waals surface area contributed by atoms with Crippen LogP contribution in [0.15, 0.2) is 97.1 Å². The van der Waals surface area contributed by atoms with E-state index in [0.717, 1.165) is 56.5 Å². The molecule has 3 aliphatic heterocycles. The van der Waals surface area contributed by atoms with Crippen LogP contribution in [0.4, 0.5) is 0 Å². The summed E-state index contributed by atoms with van der Waals surface area (Å²) in [6, 6.07) is 34.7. The highest BCUT2D eigenvalue weighted by molar-refractivity contribution is 5.52. The number of epoxide rings is 3. The number of unbranched alkanes of at least 4 members (excludes halogenated alkanes) is 2. The van der Waals surface area contributed by atoms with Crippen LogP contribution in [0.5, 0.6) is 17.2 Å². The minimum atomic E-state index is -0.424. The zero-order chi connectivity index (χ0) is 37.2. The molecule has 0 saturated carbocycles. The van der Waals surface area contributed by atoms with E-state index in [4.69, 9.17) is 37.9 Å². The molecule has 0 aliphatic carbocycles. The van der Waals surface area contributed by atoms with Gasteiger partial charge in [0.2, 0.25) is 0 Å². The fraction of sp³-hybridized carbons (Fsp3) is 0.478. The minimum absolute atomic E-state index is 0.208. The Kier molecular flexibility index (Phi) is 12.9. The Labute approximate surface area is 321 Å². The van der Waals surface area contributed by atoms with Crippen molar-refractivity contribution >= 4 is 0 Å². The molecular formula is C46H56O8. The lowest BCUT2D eigenvalue weighted by molar-refractivity contribution is 0.0878. The van der Waals surface area contributed by atoms with Crippen LogP contribution in [-0.4, -0.2) is 84.4 Å². The Morgan fingerprint density at radius 1 is 0.444 bits per heavy atom. The van der Waals surface area contributed by atoms with Crippen molar-refractivity contribution in [1.29, 1.82) is 0 Å². The molecule has 4 unspecified atom stereocenters. The smallest absolute Gasteiger partial charge is 0.119 e. The van der Waals surface area contributed by atoms with Crippen molar-refractivity contribution in [2.75, 3.05) is 66.1 Å². The Bertz CT molecular complexity index is 1710. The van der Waals surface area contributed by atoms with Crippen molar-refractivity contribution in [2.45, 2.75) is 75.6 Å². The van der Waals surface area contributed by atoms with Crippen LogP contribution >= 0.6 is 0 Å². The van der Waals surface area contributed by atoms with Crippen LogP contribution in [0.25, 0.3) is 0 Å². The number of hydrogen-bond donors (Lipinski definition) is 0. The second-order valence-corrected chi connectivity index (χ2v) is 15.3. The molecule has 8 nitrogen and oxygen atoms in total. The maximum absolute atomic E-state index is 6.15. The first-order chi connectivity index (χ1) is 26.4. The summed E-state index contributed by atoms with van der Waals surface area (Å²) >= 11 is 0. The van der Waals surface area contributed by atoms with Crippen LogP contribution in [0, 0.1) is 0 Å². The first-order valence-electron chi connectivity index (χ1n) is 19.7. The monoisotopic (exact) mass is 736 g/mol. The van der Waals surface area contributed by atoms with Gasteiger partial charge < -0.3 is 37.9 Å². The van der Waals surface area contributed by atoms with Crippen LogP contribution in [0.3, 0.4) is 0 Å². The molecule has 0 aromatic heterocycles. The molecule has 7 rings (SSSR count). The van der Waals surface area contributed by atoms with Crippen molar-refractivity contribution in [1.82, 2.24) is 0 Å². The Balaban J connectivity index is 1.03. The van der Waals surface area contributed by atoms with Crippen LogP contribution in [0.2, 0.25) is 0 Å². The molecule has 3 saturated heterocycles. The predicted molar refractivity (Wildman–Crippen MR) is 209 cm³/mol. The summed E-state index contributed by atoms with van der Waals surface area (Å²) in [6.07, 6.45) is 5.62. The molecule has 0 radical (unpaired) electrons. The van der Waals surface area contributed by atoms with Gasteiger partial charge in [-0.15, -0.1) is 0 Å². The molecule has 0 N–H and O–H groups in total. The van der Waals surface area contributed by atoms with Crippen molar-refractivity contribution in [3.63, 3.8) is 0 Å². The molecule has 0 spiro atoms. The number of benzene rings is 4. The zero-order valence-corrected chi connectivity index (χ0v) is 32.1. The highest BCUT2D eigenvalue weighted by atomic mass is 16.6. The maximum Gasteiger partial charge on any atom is 0.119 e. The summed E-state index contributed by atoms with van der Waals surface area (Å²) < 4.78 is 45.1. The molecular weight excluding hydrogens is 680 g/mol. The standard InChI is InChI=1S/C46H56O8/c1-45(2,35-12-18-40(19-13-35)50-27-25-47-29-43-32-53-43)34-8-10-36(11-9-34)46(3,38-16-22-41(23-17-38)51-28-26-48-30-44-33-54-44)37-14-20-39(21-15-37)49-24-6-4-5-7-42-31-52-42/h8-23,42-44H,4-7,24-33H2,1-3H3. The zero-order valence-electron chi connectivity index (χ0n) is 32.1. The van der Waals surface area contributed by atoms with E-state index in [1.807, 2.05) is 12.1 Å². The lowest BCUT2D eigenvalue weighted by Gasteiger charge is -2.33. The molecule has 4 atom stereocenters. The van der Waals surface area contributed by atoms with E-state index in [-0.39, 0.29) is 17.6 Å². The van der Waals surface area contributed by atoms with E-state index in [9.17, 15) is 0 Å². The van der Waals surface area contributed by atoms with Gasteiger partial charge in [-0.1, -0.05) is 80.9 Å². The molecule has 54 heavy (non-hydrogen) atoms. The van der Waals surface area contributed by atoms with Gasteiger partial charge in [-0.05, 0) is 90.4 Å². The van der Waals surface area contributed by atoms with Gasteiger partial charge in [-0.2, -0.15) is 0 Å². The van der Waals surface area contributed by atoms with E-state index in [2.05, 4.69) is 106 Å². The minimum Gasteiger partial charge on any atom is -0.494 e. The topological polar surface area (TPSA) is 83.7 Å². The second-order valence-electron chi connectivity index (χ2n) is 15.3. The summed E-state index contributed by atoms with van der Waals surface area (Å²) in [5, 5.41) is 0. The van der Waals surface area contributed by atoms with Gasteiger partial charge in [0.05, 0.1) is 59.0 Å². The molecule has 8 heteroatoms. The summed E-state index contributed by atoms with van der Waals surface area (Å²) in [4.78, 5) is 0. The SMILES string of the molecule is CC(C)(c1ccc(OCCOCC2CO2)cc1)c1ccc(C(C)(c2ccc(OCCCCCC3CO3)cc2)c2ccc(OCCOCC3CO3)cc2)cc1.